The lowest BCUT2D eigenvalue weighted by atomic mass is 9.64. The molecule has 0 spiro atoms. The van der Waals surface area contributed by atoms with Crippen LogP contribution in [-0.2, 0) is 5.41 Å². The van der Waals surface area contributed by atoms with Gasteiger partial charge in [-0.1, -0.05) is 12.5 Å². The molecule has 0 aromatic heterocycles. The van der Waals surface area contributed by atoms with Crippen molar-refractivity contribution in [2.24, 2.45) is 5.73 Å². The maximum absolute atomic E-state index is 13.9. The molecule has 1 saturated carbocycles. The molecule has 0 atom stereocenters. The van der Waals surface area contributed by atoms with Crippen molar-refractivity contribution in [1.29, 1.82) is 0 Å². The zero-order chi connectivity index (χ0) is 11.1. The highest BCUT2D eigenvalue weighted by Crippen LogP contribution is 2.44. The van der Waals surface area contributed by atoms with E-state index in [-0.39, 0.29) is 11.2 Å². The number of aryl methyl sites for hydroxylation is 2. The van der Waals surface area contributed by atoms with Crippen LogP contribution in [0.3, 0.4) is 0 Å². The molecule has 2 rings (SSSR count). The van der Waals surface area contributed by atoms with Crippen molar-refractivity contribution in [1.82, 2.24) is 0 Å². The smallest absolute Gasteiger partial charge is 0.127 e. The molecule has 1 aliphatic carbocycles. The molecule has 2 N–H and O–H groups in total. The number of hydrogen-bond donors (Lipinski definition) is 1. The summed E-state index contributed by atoms with van der Waals surface area (Å²) in [5.74, 6) is -0.0803. The molecule has 1 aliphatic rings. The van der Waals surface area contributed by atoms with Crippen molar-refractivity contribution in [2.75, 3.05) is 6.54 Å². The Morgan fingerprint density at radius 3 is 2.33 bits per heavy atom. The third-order valence-electron chi connectivity index (χ3n) is 3.86. The Bertz CT molecular complexity index is 375. The predicted octanol–water partition coefficient (Wildman–Crippen LogP) is 2.82. The summed E-state index contributed by atoms with van der Waals surface area (Å²) < 4.78 is 13.9. The van der Waals surface area contributed by atoms with E-state index in [1.165, 1.54) is 6.42 Å². The van der Waals surface area contributed by atoms with Gasteiger partial charge in [0.1, 0.15) is 5.82 Å². The molecule has 0 saturated heterocycles. The molecule has 0 aliphatic heterocycles. The second-order valence-electron chi connectivity index (χ2n) is 4.75. The zero-order valence-electron chi connectivity index (χ0n) is 9.44. The van der Waals surface area contributed by atoms with Crippen molar-refractivity contribution in [3.05, 3.63) is 34.6 Å². The molecule has 2 heteroatoms. The Morgan fingerprint density at radius 1 is 1.27 bits per heavy atom. The monoisotopic (exact) mass is 207 g/mol. The van der Waals surface area contributed by atoms with Crippen LogP contribution in [0.25, 0.3) is 0 Å². The quantitative estimate of drug-likeness (QED) is 0.793. The van der Waals surface area contributed by atoms with Gasteiger partial charge in [0, 0.05) is 12.0 Å². The standard InChI is InChI=1S/C13H18FN/c1-9-6-11(12(14)7-10(9)2)13(8-15)4-3-5-13/h6-7H,3-5,8,15H2,1-2H3. The molecule has 15 heavy (non-hydrogen) atoms. The van der Waals surface area contributed by atoms with Crippen LogP contribution in [0, 0.1) is 19.7 Å². The van der Waals surface area contributed by atoms with Gasteiger partial charge in [-0.15, -0.1) is 0 Å². The summed E-state index contributed by atoms with van der Waals surface area (Å²) in [6.07, 6.45) is 3.23. The summed E-state index contributed by atoms with van der Waals surface area (Å²) in [6, 6.07) is 3.62. The Kier molecular flexibility index (Phi) is 2.55. The van der Waals surface area contributed by atoms with E-state index < -0.39 is 0 Å². The topological polar surface area (TPSA) is 26.0 Å². The van der Waals surface area contributed by atoms with Gasteiger partial charge in [-0.3, -0.25) is 0 Å². The minimum Gasteiger partial charge on any atom is -0.330 e. The molecule has 1 fully saturated rings. The fourth-order valence-electron chi connectivity index (χ4n) is 2.37. The van der Waals surface area contributed by atoms with Crippen molar-refractivity contribution in [2.45, 2.75) is 38.5 Å². The van der Waals surface area contributed by atoms with Crippen molar-refractivity contribution in [3.63, 3.8) is 0 Å². The SMILES string of the molecule is Cc1cc(F)c(C2(CN)CCC2)cc1C. The molecule has 0 bridgehead atoms. The number of rotatable bonds is 2. The first-order valence-electron chi connectivity index (χ1n) is 5.56. The molecule has 0 unspecified atom stereocenters. The lowest BCUT2D eigenvalue weighted by Gasteiger charge is -2.42. The third-order valence-corrected chi connectivity index (χ3v) is 3.86. The number of benzene rings is 1. The Balaban J connectivity index is 2.47. The fraction of sp³-hybridized carbons (Fsp3) is 0.538. The van der Waals surface area contributed by atoms with Crippen LogP contribution in [0.15, 0.2) is 12.1 Å². The van der Waals surface area contributed by atoms with Crippen LogP contribution in [0.5, 0.6) is 0 Å². The lowest BCUT2D eigenvalue weighted by molar-refractivity contribution is 0.244. The highest BCUT2D eigenvalue weighted by molar-refractivity contribution is 5.37. The average Bonchev–Trinajstić information content (AvgIpc) is 2.12. The minimum absolute atomic E-state index is 0.0669. The summed E-state index contributed by atoms with van der Waals surface area (Å²) in [7, 11) is 0. The van der Waals surface area contributed by atoms with Gasteiger partial charge in [-0.2, -0.15) is 0 Å². The molecule has 1 aromatic rings. The number of nitrogens with two attached hydrogens (primary N) is 1. The van der Waals surface area contributed by atoms with Gasteiger partial charge in [-0.05, 0) is 49.4 Å². The zero-order valence-corrected chi connectivity index (χ0v) is 9.44. The molecular formula is C13H18FN. The van der Waals surface area contributed by atoms with Crippen LogP contribution >= 0.6 is 0 Å². The van der Waals surface area contributed by atoms with Crippen LogP contribution in [0.1, 0.15) is 36.0 Å². The number of halogens is 1. The summed E-state index contributed by atoms with van der Waals surface area (Å²) in [6.45, 7) is 4.53. The van der Waals surface area contributed by atoms with E-state index in [0.717, 1.165) is 29.5 Å². The second kappa shape index (κ2) is 3.60. The van der Waals surface area contributed by atoms with E-state index in [1.54, 1.807) is 6.07 Å². The van der Waals surface area contributed by atoms with Crippen molar-refractivity contribution >= 4 is 0 Å². The van der Waals surface area contributed by atoms with E-state index in [9.17, 15) is 4.39 Å². The summed E-state index contributed by atoms with van der Waals surface area (Å²) >= 11 is 0. The van der Waals surface area contributed by atoms with Crippen LogP contribution < -0.4 is 5.73 Å². The van der Waals surface area contributed by atoms with E-state index in [4.69, 9.17) is 5.73 Å². The van der Waals surface area contributed by atoms with Gasteiger partial charge in [-0.25, -0.2) is 4.39 Å². The maximum Gasteiger partial charge on any atom is 0.127 e. The van der Waals surface area contributed by atoms with Crippen molar-refractivity contribution in [3.8, 4) is 0 Å². The molecule has 0 radical (unpaired) electrons. The summed E-state index contributed by atoms with van der Waals surface area (Å²) in [5.41, 5.74) is 8.73. The van der Waals surface area contributed by atoms with Crippen LogP contribution in [0.4, 0.5) is 4.39 Å². The lowest BCUT2D eigenvalue weighted by Crippen LogP contribution is -2.42. The Morgan fingerprint density at radius 2 is 1.87 bits per heavy atom. The highest BCUT2D eigenvalue weighted by Gasteiger charge is 2.39. The Hall–Kier alpha value is -0.890. The average molecular weight is 207 g/mol. The van der Waals surface area contributed by atoms with Gasteiger partial charge in [0.25, 0.3) is 0 Å². The maximum atomic E-state index is 13.9. The van der Waals surface area contributed by atoms with Gasteiger partial charge in [0.05, 0.1) is 0 Å². The van der Waals surface area contributed by atoms with Crippen LogP contribution in [0.2, 0.25) is 0 Å². The normalized spacial score (nSPS) is 18.7. The Labute approximate surface area is 90.5 Å². The fourth-order valence-corrected chi connectivity index (χ4v) is 2.37. The molecular weight excluding hydrogens is 189 g/mol. The molecule has 1 aromatic carbocycles. The summed E-state index contributed by atoms with van der Waals surface area (Å²) in [4.78, 5) is 0. The largest absolute Gasteiger partial charge is 0.330 e. The minimum atomic E-state index is -0.0803. The van der Waals surface area contributed by atoms with Gasteiger partial charge >= 0.3 is 0 Å². The van der Waals surface area contributed by atoms with Gasteiger partial charge in [0.15, 0.2) is 0 Å². The first-order valence-corrected chi connectivity index (χ1v) is 5.56. The molecule has 1 nitrogen and oxygen atoms in total. The van der Waals surface area contributed by atoms with Gasteiger partial charge < -0.3 is 5.73 Å². The molecule has 0 amide bonds. The van der Waals surface area contributed by atoms with E-state index in [2.05, 4.69) is 0 Å². The predicted molar refractivity (Wildman–Crippen MR) is 60.5 cm³/mol. The second-order valence-corrected chi connectivity index (χ2v) is 4.75. The van der Waals surface area contributed by atoms with Crippen LogP contribution in [-0.4, -0.2) is 6.54 Å². The first kappa shape index (κ1) is 10.6. The molecule has 0 heterocycles. The van der Waals surface area contributed by atoms with Crippen molar-refractivity contribution < 1.29 is 4.39 Å². The molecule has 82 valence electrons. The van der Waals surface area contributed by atoms with Gasteiger partial charge in [0.2, 0.25) is 0 Å². The summed E-state index contributed by atoms with van der Waals surface area (Å²) in [5, 5.41) is 0. The van der Waals surface area contributed by atoms with E-state index >= 15 is 0 Å². The third kappa shape index (κ3) is 1.57. The van der Waals surface area contributed by atoms with E-state index in [1.807, 2.05) is 19.9 Å². The number of hydrogen-bond acceptors (Lipinski definition) is 1. The van der Waals surface area contributed by atoms with E-state index in [0.29, 0.717) is 6.54 Å². The first-order chi connectivity index (χ1) is 7.09. The highest BCUT2D eigenvalue weighted by atomic mass is 19.1.